The second-order valence-electron chi connectivity index (χ2n) is 4.29. The molecule has 20 heavy (non-hydrogen) atoms. The van der Waals surface area contributed by atoms with Crippen molar-refractivity contribution in [3.8, 4) is 0 Å². The zero-order chi connectivity index (χ0) is 14.3. The lowest BCUT2D eigenvalue weighted by molar-refractivity contribution is -0.0994. The first-order valence-corrected chi connectivity index (χ1v) is 5.91. The van der Waals surface area contributed by atoms with Crippen LogP contribution in [0.1, 0.15) is 11.9 Å². The number of aromatic nitrogens is 3. The number of fused-ring (bicyclic) bond motifs is 1. The Morgan fingerprint density at radius 2 is 2.25 bits per heavy atom. The number of nitrogens with zero attached hydrogens (tertiary/aromatic N) is 3. The third-order valence-electron chi connectivity index (χ3n) is 3.00. The van der Waals surface area contributed by atoms with Crippen molar-refractivity contribution in [2.24, 2.45) is 0 Å². The molecule has 2 aromatic heterocycles. The number of hydrogen-bond acceptors (Lipinski definition) is 6. The van der Waals surface area contributed by atoms with Crippen LogP contribution in [0.5, 0.6) is 0 Å². The van der Waals surface area contributed by atoms with Crippen LogP contribution in [0.15, 0.2) is 17.2 Å². The van der Waals surface area contributed by atoms with Crippen LogP contribution in [0, 0.1) is 5.82 Å². The lowest BCUT2D eigenvalue weighted by atomic mass is 10.5. The Morgan fingerprint density at radius 1 is 1.45 bits per heavy atom. The molecule has 0 radical (unpaired) electrons. The summed E-state index contributed by atoms with van der Waals surface area (Å²) in [7, 11) is 0. The van der Waals surface area contributed by atoms with E-state index in [0.29, 0.717) is 0 Å². The molecular formula is C11H12FN3O5. The molecule has 0 amide bonds. The van der Waals surface area contributed by atoms with Gasteiger partial charge < -0.3 is 19.7 Å². The van der Waals surface area contributed by atoms with Crippen LogP contribution < -0.4 is 5.69 Å². The Bertz CT molecular complexity index is 697. The molecule has 0 unspecified atom stereocenters. The average molecular weight is 285 g/mol. The Hall–Kier alpha value is -1.81. The quantitative estimate of drug-likeness (QED) is 0.750. The average Bonchev–Trinajstić information content (AvgIpc) is 3.09. The molecule has 8 nitrogen and oxygen atoms in total. The monoisotopic (exact) mass is 285 g/mol. The van der Waals surface area contributed by atoms with Crippen LogP contribution in [0.4, 0.5) is 4.39 Å². The molecule has 1 saturated heterocycles. The predicted molar refractivity (Wildman–Crippen MR) is 62.3 cm³/mol. The number of imidazole rings is 1. The fraction of sp³-hybridized carbons (Fsp3) is 0.455. The van der Waals surface area contributed by atoms with Gasteiger partial charge in [-0.1, -0.05) is 0 Å². The smallest absolute Gasteiger partial charge is 0.336 e. The van der Waals surface area contributed by atoms with E-state index in [1.807, 2.05) is 0 Å². The fourth-order valence-electron chi connectivity index (χ4n) is 2.07. The van der Waals surface area contributed by atoms with Gasteiger partial charge in [0.05, 0.1) is 31.7 Å². The van der Waals surface area contributed by atoms with Gasteiger partial charge in [0.2, 0.25) is 0 Å². The summed E-state index contributed by atoms with van der Waals surface area (Å²) in [5, 5.41) is 17.9. The van der Waals surface area contributed by atoms with Crippen molar-refractivity contribution in [1.82, 2.24) is 14.0 Å². The van der Waals surface area contributed by atoms with Crippen molar-refractivity contribution in [3.63, 3.8) is 0 Å². The van der Waals surface area contributed by atoms with E-state index in [1.165, 1.54) is 6.20 Å². The first kappa shape index (κ1) is 13.2. The maximum atomic E-state index is 13.9. The van der Waals surface area contributed by atoms with Crippen LogP contribution >= 0.6 is 0 Å². The maximum absolute atomic E-state index is 13.9. The number of aliphatic hydroxyl groups excluding tert-OH is 2. The van der Waals surface area contributed by atoms with E-state index in [-0.39, 0.29) is 24.6 Å². The van der Waals surface area contributed by atoms with Crippen molar-refractivity contribution in [2.45, 2.75) is 19.1 Å². The number of rotatable bonds is 3. The second-order valence-corrected chi connectivity index (χ2v) is 4.29. The van der Waals surface area contributed by atoms with Crippen LogP contribution in [0.3, 0.4) is 0 Å². The van der Waals surface area contributed by atoms with Gasteiger partial charge in [0.25, 0.3) is 0 Å². The highest BCUT2D eigenvalue weighted by atomic mass is 19.1. The summed E-state index contributed by atoms with van der Waals surface area (Å²) < 4.78 is 26.3. The van der Waals surface area contributed by atoms with E-state index in [4.69, 9.17) is 19.7 Å². The van der Waals surface area contributed by atoms with Gasteiger partial charge in [0.15, 0.2) is 24.0 Å². The first-order chi connectivity index (χ1) is 9.63. The molecule has 3 rings (SSSR count). The van der Waals surface area contributed by atoms with Crippen molar-refractivity contribution in [1.29, 1.82) is 0 Å². The normalized spacial score (nSPS) is 22.8. The molecule has 0 aromatic carbocycles. The standard InChI is InChI=1S/C11H12FN3O5/c12-7-2-14(8-5-19-9(4-17)20-8)11(18)15-1-6(3-16)13-10(7)15/h1-2,8-9,16-17H,3-5H2/t8-,9+/m1/s1. The summed E-state index contributed by atoms with van der Waals surface area (Å²) in [4.78, 5) is 16.0. The Kier molecular flexibility index (Phi) is 3.26. The van der Waals surface area contributed by atoms with Crippen molar-refractivity contribution in [3.05, 3.63) is 34.4 Å². The van der Waals surface area contributed by atoms with Crippen molar-refractivity contribution in [2.75, 3.05) is 13.2 Å². The number of halogens is 1. The highest BCUT2D eigenvalue weighted by molar-refractivity contribution is 5.40. The zero-order valence-corrected chi connectivity index (χ0v) is 10.3. The minimum absolute atomic E-state index is 0.0254. The van der Waals surface area contributed by atoms with Gasteiger partial charge in [0, 0.05) is 6.20 Å². The molecule has 0 saturated carbocycles. The molecule has 2 N–H and O–H groups in total. The summed E-state index contributed by atoms with van der Waals surface area (Å²) in [6.07, 6.45) is 0.580. The summed E-state index contributed by atoms with van der Waals surface area (Å²) >= 11 is 0. The molecule has 108 valence electrons. The number of ether oxygens (including phenoxy) is 2. The second kappa shape index (κ2) is 4.94. The van der Waals surface area contributed by atoms with E-state index < -0.39 is 30.6 Å². The van der Waals surface area contributed by atoms with Crippen molar-refractivity contribution < 1.29 is 24.1 Å². The van der Waals surface area contributed by atoms with Gasteiger partial charge in [-0.3, -0.25) is 4.57 Å². The molecule has 2 atom stereocenters. The van der Waals surface area contributed by atoms with E-state index in [9.17, 15) is 9.18 Å². The minimum atomic E-state index is -0.832. The van der Waals surface area contributed by atoms with E-state index in [2.05, 4.69) is 4.98 Å². The predicted octanol–water partition coefficient (Wildman–Crippen LogP) is -1.01. The molecule has 1 aliphatic rings. The molecule has 0 bridgehead atoms. The first-order valence-electron chi connectivity index (χ1n) is 5.91. The van der Waals surface area contributed by atoms with Gasteiger partial charge in [-0.05, 0) is 0 Å². The Balaban J connectivity index is 2.08. The molecule has 0 aliphatic carbocycles. The van der Waals surface area contributed by atoms with Crippen LogP contribution in [0.2, 0.25) is 0 Å². The van der Waals surface area contributed by atoms with E-state index >= 15 is 0 Å². The number of aliphatic hydroxyl groups is 2. The Morgan fingerprint density at radius 3 is 2.90 bits per heavy atom. The van der Waals surface area contributed by atoms with Gasteiger partial charge in [0.1, 0.15) is 0 Å². The Labute approximate surface area is 111 Å². The van der Waals surface area contributed by atoms with Crippen LogP contribution in [-0.4, -0.2) is 43.7 Å². The van der Waals surface area contributed by atoms with Gasteiger partial charge >= 0.3 is 5.69 Å². The highest BCUT2D eigenvalue weighted by Gasteiger charge is 2.28. The maximum Gasteiger partial charge on any atom is 0.336 e. The molecule has 1 aliphatic heterocycles. The van der Waals surface area contributed by atoms with Crippen LogP contribution in [-0.2, 0) is 16.1 Å². The van der Waals surface area contributed by atoms with Gasteiger partial charge in [-0.15, -0.1) is 0 Å². The molecule has 3 heterocycles. The topological polar surface area (TPSA) is 98.2 Å². The summed E-state index contributed by atoms with van der Waals surface area (Å²) in [5.74, 6) is -0.722. The summed E-state index contributed by atoms with van der Waals surface area (Å²) in [6, 6.07) is 0. The molecule has 0 spiro atoms. The summed E-state index contributed by atoms with van der Waals surface area (Å²) in [6.45, 7) is -0.719. The fourth-order valence-corrected chi connectivity index (χ4v) is 2.07. The molecule has 9 heteroatoms. The largest absolute Gasteiger partial charge is 0.391 e. The van der Waals surface area contributed by atoms with Gasteiger partial charge in [-0.25, -0.2) is 18.6 Å². The van der Waals surface area contributed by atoms with E-state index in [0.717, 1.165) is 15.2 Å². The van der Waals surface area contributed by atoms with Crippen molar-refractivity contribution >= 4 is 5.65 Å². The number of hydrogen-bond donors (Lipinski definition) is 2. The lowest BCUT2D eigenvalue weighted by Gasteiger charge is -2.13. The third kappa shape index (κ3) is 2.00. The lowest BCUT2D eigenvalue weighted by Crippen LogP contribution is -2.31. The summed E-state index contributed by atoms with van der Waals surface area (Å²) in [5.41, 5.74) is -0.538. The van der Waals surface area contributed by atoms with E-state index in [1.54, 1.807) is 0 Å². The zero-order valence-electron chi connectivity index (χ0n) is 10.3. The molecule has 2 aromatic rings. The minimum Gasteiger partial charge on any atom is -0.391 e. The highest BCUT2D eigenvalue weighted by Crippen LogP contribution is 2.20. The molecular weight excluding hydrogens is 273 g/mol. The van der Waals surface area contributed by atoms with Crippen LogP contribution in [0.25, 0.3) is 5.65 Å². The third-order valence-corrected chi connectivity index (χ3v) is 3.00. The molecule has 1 fully saturated rings. The SMILES string of the molecule is O=c1n([C@H]2CO[C@H](CO)O2)cc(F)c2nc(CO)cn12. The van der Waals surface area contributed by atoms with Gasteiger partial charge in [-0.2, -0.15) is 0 Å².